The van der Waals surface area contributed by atoms with Crippen LogP contribution in [0.25, 0.3) is 0 Å². The molecule has 1 heterocycles. The van der Waals surface area contributed by atoms with Crippen molar-refractivity contribution in [2.24, 2.45) is 4.99 Å². The number of aliphatic imine (C=N–C) groups is 1. The van der Waals surface area contributed by atoms with Crippen molar-refractivity contribution in [1.82, 2.24) is 20.9 Å². The number of benzene rings is 1. The molecule has 2 rings (SSSR count). The molecule has 1 fully saturated rings. The first-order valence-electron chi connectivity index (χ1n) is 9.35. The molecular formula is C19H31BrIN5O2. The van der Waals surface area contributed by atoms with E-state index in [0.717, 1.165) is 54.2 Å². The predicted molar refractivity (Wildman–Crippen MR) is 128 cm³/mol. The normalized spacial score (nSPS) is 15.5. The first kappa shape index (κ1) is 25.0. The van der Waals surface area contributed by atoms with Gasteiger partial charge in [-0.15, -0.1) is 24.0 Å². The monoisotopic (exact) mass is 567 g/mol. The number of ether oxygens (including phenoxy) is 1. The molecule has 0 spiro atoms. The van der Waals surface area contributed by atoms with Gasteiger partial charge in [-0.3, -0.25) is 9.69 Å². The number of amides is 1. The van der Waals surface area contributed by atoms with Crippen molar-refractivity contribution in [3.8, 4) is 5.75 Å². The minimum absolute atomic E-state index is 0. The lowest BCUT2D eigenvalue weighted by Crippen LogP contribution is -2.50. The summed E-state index contributed by atoms with van der Waals surface area (Å²) in [6.45, 7) is 5.68. The molecule has 3 N–H and O–H groups in total. The lowest BCUT2D eigenvalue weighted by Gasteiger charge is -2.32. The number of hydrogen-bond acceptors (Lipinski definition) is 4. The number of carbonyl (C=O) groups is 1. The fourth-order valence-electron chi connectivity index (χ4n) is 3.07. The van der Waals surface area contributed by atoms with Gasteiger partial charge in [0, 0.05) is 42.8 Å². The van der Waals surface area contributed by atoms with Gasteiger partial charge in [-0.05, 0) is 38.0 Å². The number of likely N-dealkylation sites (tertiary alicyclic amines) is 1. The number of rotatable bonds is 7. The van der Waals surface area contributed by atoms with Crippen LogP contribution in [0.3, 0.4) is 0 Å². The van der Waals surface area contributed by atoms with Crippen LogP contribution in [-0.4, -0.2) is 63.1 Å². The highest BCUT2D eigenvalue weighted by atomic mass is 127. The first-order valence-corrected chi connectivity index (χ1v) is 10.1. The molecule has 9 heteroatoms. The molecule has 0 radical (unpaired) electrons. The molecule has 1 aromatic rings. The minimum atomic E-state index is 0. The van der Waals surface area contributed by atoms with Gasteiger partial charge < -0.3 is 20.7 Å². The SMILES string of the molecule is CCNC(=NCc1cc(Br)ccc1OC)NC1CCN(CC(=O)NC)CC1.I. The zero-order chi connectivity index (χ0) is 19.6. The van der Waals surface area contributed by atoms with Gasteiger partial charge in [-0.25, -0.2) is 4.99 Å². The number of likely N-dealkylation sites (N-methyl/N-ethyl adjacent to an activating group) is 1. The molecule has 0 saturated carbocycles. The highest BCUT2D eigenvalue weighted by Crippen LogP contribution is 2.23. The van der Waals surface area contributed by atoms with E-state index in [4.69, 9.17) is 9.73 Å². The van der Waals surface area contributed by atoms with E-state index in [9.17, 15) is 4.79 Å². The summed E-state index contributed by atoms with van der Waals surface area (Å²) in [5, 5.41) is 9.52. The van der Waals surface area contributed by atoms with Gasteiger partial charge >= 0.3 is 0 Å². The summed E-state index contributed by atoms with van der Waals surface area (Å²) in [5.74, 6) is 1.71. The standard InChI is InChI=1S/C19H30BrN5O2.HI/c1-4-22-19(23-12-14-11-15(20)5-6-17(14)27-3)24-16-7-9-25(10-8-16)13-18(26)21-2;/h5-6,11,16H,4,7-10,12-13H2,1-3H3,(H,21,26)(H2,22,23,24);1H. The maximum atomic E-state index is 11.5. The molecule has 0 unspecified atom stereocenters. The Bertz CT molecular complexity index is 651. The minimum Gasteiger partial charge on any atom is -0.496 e. The average Bonchev–Trinajstić information content (AvgIpc) is 2.67. The molecule has 28 heavy (non-hydrogen) atoms. The van der Waals surface area contributed by atoms with E-state index in [0.29, 0.717) is 19.1 Å². The zero-order valence-corrected chi connectivity index (χ0v) is 20.7. The Morgan fingerprint density at radius 3 is 2.68 bits per heavy atom. The van der Waals surface area contributed by atoms with Gasteiger partial charge in [-0.2, -0.15) is 0 Å². The second-order valence-corrected chi connectivity index (χ2v) is 7.43. The van der Waals surface area contributed by atoms with Crippen molar-refractivity contribution in [2.45, 2.75) is 32.4 Å². The number of nitrogens with zero attached hydrogens (tertiary/aromatic N) is 2. The van der Waals surface area contributed by atoms with Crippen molar-refractivity contribution >= 4 is 51.8 Å². The molecule has 0 aliphatic carbocycles. The van der Waals surface area contributed by atoms with Crippen LogP contribution in [0.15, 0.2) is 27.7 Å². The van der Waals surface area contributed by atoms with Crippen LogP contribution in [0.1, 0.15) is 25.3 Å². The smallest absolute Gasteiger partial charge is 0.233 e. The van der Waals surface area contributed by atoms with Crippen molar-refractivity contribution in [3.63, 3.8) is 0 Å². The number of carbonyl (C=O) groups excluding carboxylic acids is 1. The molecular weight excluding hydrogens is 537 g/mol. The van der Waals surface area contributed by atoms with Crippen LogP contribution in [0.5, 0.6) is 5.75 Å². The molecule has 7 nitrogen and oxygen atoms in total. The number of nitrogens with one attached hydrogen (secondary N) is 3. The van der Waals surface area contributed by atoms with Gasteiger partial charge in [0.2, 0.25) is 5.91 Å². The average molecular weight is 568 g/mol. The molecule has 1 saturated heterocycles. The Hall–Kier alpha value is -1.07. The number of hydrogen-bond donors (Lipinski definition) is 3. The van der Waals surface area contributed by atoms with Crippen LogP contribution in [0.2, 0.25) is 0 Å². The van der Waals surface area contributed by atoms with E-state index >= 15 is 0 Å². The third-order valence-corrected chi connectivity index (χ3v) is 5.06. The molecule has 0 aromatic heterocycles. The number of piperidine rings is 1. The number of methoxy groups -OCH3 is 1. The van der Waals surface area contributed by atoms with E-state index in [1.807, 2.05) is 18.2 Å². The van der Waals surface area contributed by atoms with Crippen LogP contribution < -0.4 is 20.7 Å². The van der Waals surface area contributed by atoms with Crippen molar-refractivity contribution < 1.29 is 9.53 Å². The summed E-state index contributed by atoms with van der Waals surface area (Å²) in [7, 11) is 3.35. The van der Waals surface area contributed by atoms with Crippen molar-refractivity contribution in [1.29, 1.82) is 0 Å². The highest BCUT2D eigenvalue weighted by Gasteiger charge is 2.21. The van der Waals surface area contributed by atoms with Gasteiger partial charge in [0.25, 0.3) is 0 Å². The molecule has 0 atom stereocenters. The quantitative estimate of drug-likeness (QED) is 0.268. The third kappa shape index (κ3) is 8.12. The zero-order valence-electron chi connectivity index (χ0n) is 16.8. The highest BCUT2D eigenvalue weighted by molar-refractivity contribution is 14.0. The Morgan fingerprint density at radius 1 is 1.36 bits per heavy atom. The van der Waals surface area contributed by atoms with Crippen LogP contribution in [0, 0.1) is 0 Å². The second-order valence-electron chi connectivity index (χ2n) is 6.52. The maximum absolute atomic E-state index is 11.5. The lowest BCUT2D eigenvalue weighted by molar-refractivity contribution is -0.122. The van der Waals surface area contributed by atoms with Crippen molar-refractivity contribution in [2.75, 3.05) is 40.3 Å². The Labute approximate surface area is 193 Å². The van der Waals surface area contributed by atoms with E-state index in [1.165, 1.54) is 0 Å². The van der Waals surface area contributed by atoms with E-state index in [-0.39, 0.29) is 29.9 Å². The van der Waals surface area contributed by atoms with Crippen LogP contribution in [0.4, 0.5) is 0 Å². The topological polar surface area (TPSA) is 78.0 Å². The second kappa shape index (κ2) is 13.2. The fraction of sp³-hybridized carbons (Fsp3) is 0.579. The molecule has 0 bridgehead atoms. The van der Waals surface area contributed by atoms with Crippen molar-refractivity contribution in [3.05, 3.63) is 28.2 Å². The van der Waals surface area contributed by atoms with E-state index in [1.54, 1.807) is 14.2 Å². The number of guanidine groups is 1. The Morgan fingerprint density at radius 2 is 2.07 bits per heavy atom. The molecule has 1 aliphatic rings. The summed E-state index contributed by atoms with van der Waals surface area (Å²) >= 11 is 3.50. The summed E-state index contributed by atoms with van der Waals surface area (Å²) in [4.78, 5) is 18.4. The maximum Gasteiger partial charge on any atom is 0.233 e. The number of halogens is 2. The van der Waals surface area contributed by atoms with Gasteiger partial charge in [0.05, 0.1) is 20.2 Å². The molecule has 1 aliphatic heterocycles. The fourth-order valence-corrected chi connectivity index (χ4v) is 3.47. The van der Waals surface area contributed by atoms with Gasteiger partial charge in [0.15, 0.2) is 5.96 Å². The van der Waals surface area contributed by atoms with Gasteiger partial charge in [-0.1, -0.05) is 15.9 Å². The Kier molecular flexibility index (Phi) is 11.8. The van der Waals surface area contributed by atoms with E-state index < -0.39 is 0 Å². The summed E-state index contributed by atoms with van der Waals surface area (Å²) in [6, 6.07) is 6.29. The van der Waals surface area contributed by atoms with E-state index in [2.05, 4.69) is 43.7 Å². The summed E-state index contributed by atoms with van der Waals surface area (Å²) in [6.07, 6.45) is 1.98. The molecule has 1 aromatic carbocycles. The lowest BCUT2D eigenvalue weighted by atomic mass is 10.1. The first-order chi connectivity index (χ1) is 13.0. The molecule has 158 valence electrons. The predicted octanol–water partition coefficient (Wildman–Crippen LogP) is 2.34. The Balaban J connectivity index is 0.00000392. The van der Waals surface area contributed by atoms with Crippen LogP contribution >= 0.6 is 39.9 Å². The summed E-state index contributed by atoms with van der Waals surface area (Å²) in [5.41, 5.74) is 1.03. The third-order valence-electron chi connectivity index (χ3n) is 4.57. The van der Waals surface area contributed by atoms with Crippen LogP contribution in [-0.2, 0) is 11.3 Å². The molecule has 1 amide bonds. The summed E-state index contributed by atoms with van der Waals surface area (Å²) < 4.78 is 6.44. The van der Waals surface area contributed by atoms with Gasteiger partial charge in [0.1, 0.15) is 5.75 Å². The largest absolute Gasteiger partial charge is 0.496 e.